The summed E-state index contributed by atoms with van der Waals surface area (Å²) in [5.74, 6) is 0. The molecule has 0 aliphatic carbocycles. The van der Waals surface area contributed by atoms with Gasteiger partial charge in [-0.25, -0.2) is 0 Å². The first kappa shape index (κ1) is 21.2. The third-order valence-corrected chi connectivity index (χ3v) is 7.54. The number of benzene rings is 2. The SMILES string of the molecule is COP1(OC)(OC)O[C@H](c2ccc([N+](=O)[O-])cc2)[C@H](c2ccc([N+](=O)[O-])cc2)O1. The van der Waals surface area contributed by atoms with Crippen molar-refractivity contribution >= 4 is 19.1 Å². The van der Waals surface area contributed by atoms with Crippen molar-refractivity contribution in [3.05, 3.63) is 79.9 Å². The Labute approximate surface area is 165 Å². The second-order valence-electron chi connectivity index (χ2n) is 6.04. The second kappa shape index (κ2) is 7.71. The van der Waals surface area contributed by atoms with E-state index in [4.69, 9.17) is 22.6 Å². The Morgan fingerprint density at radius 2 is 1.03 bits per heavy atom. The first-order valence-corrected chi connectivity index (χ1v) is 10.2. The van der Waals surface area contributed by atoms with Gasteiger partial charge in [0, 0.05) is 0 Å². The summed E-state index contributed by atoms with van der Waals surface area (Å²) >= 11 is 0. The fourth-order valence-corrected chi connectivity index (χ4v) is 5.25. The number of nitro benzene ring substituents is 2. The van der Waals surface area contributed by atoms with Crippen molar-refractivity contribution in [3.63, 3.8) is 0 Å². The molecule has 29 heavy (non-hydrogen) atoms. The van der Waals surface area contributed by atoms with Crippen molar-refractivity contribution in [1.29, 1.82) is 0 Å². The zero-order chi connectivity index (χ0) is 21.3. The van der Waals surface area contributed by atoms with Crippen LogP contribution in [0, 0.1) is 20.2 Å². The fourth-order valence-electron chi connectivity index (χ4n) is 3.03. The average molecular weight is 426 g/mol. The average Bonchev–Trinajstić information content (AvgIpc) is 3.12. The summed E-state index contributed by atoms with van der Waals surface area (Å²) < 4.78 is 28.4. The van der Waals surface area contributed by atoms with E-state index in [0.29, 0.717) is 11.1 Å². The number of non-ortho nitro benzene ring substituents is 2. The van der Waals surface area contributed by atoms with E-state index in [0.717, 1.165) is 0 Å². The van der Waals surface area contributed by atoms with Crippen LogP contribution in [0.5, 0.6) is 0 Å². The molecule has 2 atom stereocenters. The second-order valence-corrected chi connectivity index (χ2v) is 9.05. The van der Waals surface area contributed by atoms with Crippen LogP contribution in [0.1, 0.15) is 23.3 Å². The molecule has 1 heterocycles. The van der Waals surface area contributed by atoms with Crippen LogP contribution < -0.4 is 0 Å². The Balaban J connectivity index is 2.06. The molecule has 0 saturated carbocycles. The van der Waals surface area contributed by atoms with Gasteiger partial charge in [0.25, 0.3) is 0 Å². The zero-order valence-electron chi connectivity index (χ0n) is 15.8. The van der Waals surface area contributed by atoms with Crippen LogP contribution in [-0.2, 0) is 22.6 Å². The molecule has 1 aliphatic rings. The molecule has 3 rings (SSSR count). The molecule has 12 heteroatoms. The van der Waals surface area contributed by atoms with Crippen LogP contribution in [0.2, 0.25) is 0 Å². The van der Waals surface area contributed by atoms with E-state index < -0.39 is 29.8 Å². The normalized spacial score (nSPS) is 23.8. The Morgan fingerprint density at radius 1 is 0.724 bits per heavy atom. The van der Waals surface area contributed by atoms with Gasteiger partial charge >= 0.3 is 165 Å². The first-order chi connectivity index (χ1) is 13.8. The van der Waals surface area contributed by atoms with Crippen LogP contribution in [0.4, 0.5) is 11.4 Å². The van der Waals surface area contributed by atoms with Crippen molar-refractivity contribution < 1.29 is 32.5 Å². The first-order valence-electron chi connectivity index (χ1n) is 8.34. The summed E-state index contributed by atoms with van der Waals surface area (Å²) in [4.78, 5) is 20.9. The molecule has 1 fully saturated rings. The number of hydrogen-bond donors (Lipinski definition) is 0. The van der Waals surface area contributed by atoms with E-state index in [1.54, 1.807) is 0 Å². The summed E-state index contributed by atoms with van der Waals surface area (Å²) in [6, 6.07) is 11.5. The summed E-state index contributed by atoms with van der Waals surface area (Å²) in [7, 11) is -0.477. The molecule has 156 valence electrons. The van der Waals surface area contributed by atoms with Gasteiger partial charge in [-0.2, -0.15) is 0 Å². The van der Waals surface area contributed by atoms with Gasteiger partial charge in [0.2, 0.25) is 0 Å². The molecule has 2 aromatic rings. The molecule has 1 saturated heterocycles. The number of rotatable bonds is 7. The van der Waals surface area contributed by atoms with Crippen LogP contribution in [-0.4, -0.2) is 31.2 Å². The third kappa shape index (κ3) is 3.71. The monoisotopic (exact) mass is 426 g/mol. The summed E-state index contributed by atoms with van der Waals surface area (Å²) in [6.07, 6.45) is -1.62. The minimum absolute atomic E-state index is 0.0812. The molecule has 2 aromatic carbocycles. The molecular weight excluding hydrogens is 407 g/mol. The topological polar surface area (TPSA) is 132 Å². The number of nitro groups is 2. The fraction of sp³-hybridized carbons (Fsp3) is 0.294. The number of hydrogen-bond acceptors (Lipinski definition) is 9. The number of nitrogens with zero attached hydrogens (tertiary/aromatic N) is 2. The van der Waals surface area contributed by atoms with Gasteiger partial charge < -0.3 is 0 Å². The van der Waals surface area contributed by atoms with Gasteiger partial charge in [0.1, 0.15) is 0 Å². The Morgan fingerprint density at radius 3 is 1.28 bits per heavy atom. The van der Waals surface area contributed by atoms with Gasteiger partial charge in [0.05, 0.1) is 0 Å². The minimum atomic E-state index is -4.42. The van der Waals surface area contributed by atoms with Crippen LogP contribution >= 0.6 is 7.74 Å². The Bertz CT molecular complexity index is 835. The predicted octanol–water partition coefficient (Wildman–Crippen LogP) is 4.40. The van der Waals surface area contributed by atoms with Crippen LogP contribution in [0.3, 0.4) is 0 Å². The summed E-state index contributed by atoms with van der Waals surface area (Å²) in [5, 5.41) is 21.9. The van der Waals surface area contributed by atoms with E-state index in [9.17, 15) is 20.2 Å². The van der Waals surface area contributed by atoms with Gasteiger partial charge in [-0.15, -0.1) is 0 Å². The quantitative estimate of drug-likeness (QED) is 0.359. The third-order valence-electron chi connectivity index (χ3n) is 4.61. The van der Waals surface area contributed by atoms with Crippen molar-refractivity contribution in [2.24, 2.45) is 0 Å². The molecule has 0 amide bonds. The molecule has 0 radical (unpaired) electrons. The van der Waals surface area contributed by atoms with E-state index in [1.165, 1.54) is 69.9 Å². The maximum absolute atomic E-state index is 10.9. The van der Waals surface area contributed by atoms with Crippen molar-refractivity contribution in [2.45, 2.75) is 12.2 Å². The molecular formula is C17H19N2O9P. The van der Waals surface area contributed by atoms with Gasteiger partial charge in [0.15, 0.2) is 0 Å². The molecule has 0 unspecified atom stereocenters. The van der Waals surface area contributed by atoms with Gasteiger partial charge in [-0.05, 0) is 0 Å². The van der Waals surface area contributed by atoms with Gasteiger partial charge in [-0.1, -0.05) is 0 Å². The molecule has 0 N–H and O–H groups in total. The van der Waals surface area contributed by atoms with Gasteiger partial charge in [-0.3, -0.25) is 0 Å². The van der Waals surface area contributed by atoms with E-state index >= 15 is 0 Å². The molecule has 0 aromatic heterocycles. The van der Waals surface area contributed by atoms with E-state index in [1.807, 2.05) is 0 Å². The Kier molecular flexibility index (Phi) is 5.63. The van der Waals surface area contributed by atoms with Crippen molar-refractivity contribution in [3.8, 4) is 0 Å². The van der Waals surface area contributed by atoms with E-state index in [-0.39, 0.29) is 11.4 Å². The van der Waals surface area contributed by atoms with E-state index in [2.05, 4.69) is 0 Å². The maximum atomic E-state index is 10.9. The standard InChI is InChI=1S/C17H19N2O9P/c1-24-29(25-2,26-3)27-16(12-4-8-14(9-5-12)18(20)21)17(28-29)13-6-10-15(11-7-13)19(22)23/h4-11,16-17H,1-3H3/t16-,17+. The van der Waals surface area contributed by atoms with Crippen molar-refractivity contribution in [2.75, 3.05) is 21.3 Å². The summed E-state index contributed by atoms with van der Waals surface area (Å²) in [5.41, 5.74) is 0.942. The molecule has 0 spiro atoms. The zero-order valence-corrected chi connectivity index (χ0v) is 16.7. The van der Waals surface area contributed by atoms with Crippen molar-refractivity contribution in [1.82, 2.24) is 0 Å². The predicted molar refractivity (Wildman–Crippen MR) is 102 cm³/mol. The summed E-state index contributed by atoms with van der Waals surface area (Å²) in [6.45, 7) is 0. The van der Waals surface area contributed by atoms with Crippen LogP contribution in [0.25, 0.3) is 0 Å². The molecule has 11 nitrogen and oxygen atoms in total. The van der Waals surface area contributed by atoms with Crippen LogP contribution in [0.15, 0.2) is 48.5 Å². The molecule has 0 bridgehead atoms. The molecule has 1 aliphatic heterocycles. The Hall–Kier alpha value is -2.53.